The Hall–Kier alpha value is -0.350. The molecule has 0 atom stereocenters. The van der Waals surface area contributed by atoms with Crippen LogP contribution in [0.25, 0.3) is 0 Å². The van der Waals surface area contributed by atoms with Gasteiger partial charge in [0.2, 0.25) is 0 Å². The summed E-state index contributed by atoms with van der Waals surface area (Å²) in [7, 11) is 0. The van der Waals surface area contributed by atoms with E-state index in [0.29, 0.717) is 0 Å². The van der Waals surface area contributed by atoms with E-state index in [1.807, 2.05) is 5.01 Å². The number of hydrogen-bond acceptors (Lipinski definition) is 2. The van der Waals surface area contributed by atoms with Crippen LogP contribution in [0.3, 0.4) is 0 Å². The predicted molar refractivity (Wildman–Crippen MR) is 54.8 cm³/mol. The fourth-order valence-electron chi connectivity index (χ4n) is 1.19. The van der Waals surface area contributed by atoms with Gasteiger partial charge >= 0.3 is 0 Å². The Kier molecular flexibility index (Phi) is 4.32. The van der Waals surface area contributed by atoms with E-state index in [4.69, 9.17) is 12.2 Å². The summed E-state index contributed by atoms with van der Waals surface area (Å²) < 4.78 is 0. The summed E-state index contributed by atoms with van der Waals surface area (Å²) in [6, 6.07) is 0. The lowest BCUT2D eigenvalue weighted by Gasteiger charge is -2.29. The van der Waals surface area contributed by atoms with Crippen LogP contribution in [-0.4, -0.2) is 29.8 Å². The Bertz CT molecular complexity index is 143. The molecule has 0 aromatic carbocycles. The Balaban J connectivity index is 2.20. The molecule has 12 heavy (non-hydrogen) atoms. The van der Waals surface area contributed by atoms with Gasteiger partial charge < -0.3 is 5.32 Å². The Morgan fingerprint density at radius 1 is 1.58 bits per heavy atom. The lowest BCUT2D eigenvalue weighted by molar-refractivity contribution is 0.254. The first-order chi connectivity index (χ1) is 5.84. The first-order valence-electron chi connectivity index (χ1n) is 4.63. The van der Waals surface area contributed by atoms with E-state index >= 15 is 0 Å². The minimum absolute atomic E-state index is 0.844. The van der Waals surface area contributed by atoms with Crippen LogP contribution in [-0.2, 0) is 0 Å². The van der Waals surface area contributed by atoms with E-state index in [1.54, 1.807) is 0 Å². The molecule has 0 aromatic heterocycles. The van der Waals surface area contributed by atoms with Gasteiger partial charge in [-0.2, -0.15) is 0 Å². The van der Waals surface area contributed by atoms with Crippen molar-refractivity contribution >= 4 is 17.3 Å². The minimum atomic E-state index is 0.844. The van der Waals surface area contributed by atoms with Crippen molar-refractivity contribution in [2.24, 2.45) is 0 Å². The quantitative estimate of drug-likeness (QED) is 0.627. The summed E-state index contributed by atoms with van der Waals surface area (Å²) in [5.74, 6) is 0. The van der Waals surface area contributed by atoms with Gasteiger partial charge in [0.1, 0.15) is 0 Å². The van der Waals surface area contributed by atoms with Crippen LogP contribution in [0.2, 0.25) is 0 Å². The van der Waals surface area contributed by atoms with Gasteiger partial charge in [0, 0.05) is 19.6 Å². The maximum Gasteiger partial charge on any atom is 0.183 e. The molecule has 1 heterocycles. The van der Waals surface area contributed by atoms with E-state index in [9.17, 15) is 0 Å². The van der Waals surface area contributed by atoms with Gasteiger partial charge in [-0.25, -0.2) is 5.43 Å². The van der Waals surface area contributed by atoms with Crippen molar-refractivity contribution < 1.29 is 0 Å². The molecule has 0 radical (unpaired) electrons. The van der Waals surface area contributed by atoms with Gasteiger partial charge in [0.15, 0.2) is 5.11 Å². The molecule has 70 valence electrons. The number of nitrogens with one attached hydrogen (secondary N) is 2. The maximum absolute atomic E-state index is 5.19. The van der Waals surface area contributed by atoms with E-state index in [2.05, 4.69) is 17.7 Å². The van der Waals surface area contributed by atoms with Gasteiger partial charge in [-0.15, -0.1) is 0 Å². The lowest BCUT2D eigenvalue weighted by Crippen LogP contribution is -2.51. The zero-order valence-electron chi connectivity index (χ0n) is 7.60. The zero-order valence-corrected chi connectivity index (χ0v) is 8.41. The third-order valence-electron chi connectivity index (χ3n) is 1.88. The van der Waals surface area contributed by atoms with Crippen molar-refractivity contribution in [3.8, 4) is 0 Å². The fourth-order valence-corrected chi connectivity index (χ4v) is 1.45. The van der Waals surface area contributed by atoms with Crippen LogP contribution in [0.4, 0.5) is 0 Å². The van der Waals surface area contributed by atoms with Gasteiger partial charge in [0.05, 0.1) is 0 Å². The molecule has 0 bridgehead atoms. The molecule has 0 aliphatic carbocycles. The topological polar surface area (TPSA) is 27.3 Å². The monoisotopic (exact) mass is 187 g/mol. The second-order valence-corrected chi connectivity index (χ2v) is 3.39. The van der Waals surface area contributed by atoms with Crippen molar-refractivity contribution in [1.29, 1.82) is 0 Å². The van der Waals surface area contributed by atoms with Crippen molar-refractivity contribution in [2.75, 3.05) is 19.6 Å². The molecule has 1 aliphatic heterocycles. The van der Waals surface area contributed by atoms with E-state index in [0.717, 1.165) is 31.2 Å². The summed E-state index contributed by atoms with van der Waals surface area (Å²) in [5.41, 5.74) is 3.26. The Morgan fingerprint density at radius 2 is 2.42 bits per heavy atom. The molecule has 0 aromatic rings. The number of thiocarbonyl (C=S) groups is 1. The molecule has 3 nitrogen and oxygen atoms in total. The summed E-state index contributed by atoms with van der Waals surface area (Å²) in [6.07, 6.45) is 3.61. The first-order valence-corrected chi connectivity index (χ1v) is 5.04. The Labute approximate surface area is 79.5 Å². The summed E-state index contributed by atoms with van der Waals surface area (Å²) >= 11 is 5.19. The van der Waals surface area contributed by atoms with Crippen molar-refractivity contribution in [2.45, 2.75) is 26.2 Å². The van der Waals surface area contributed by atoms with E-state index < -0.39 is 0 Å². The molecule has 1 aliphatic rings. The molecule has 0 saturated carbocycles. The summed E-state index contributed by atoms with van der Waals surface area (Å²) in [4.78, 5) is 0. The van der Waals surface area contributed by atoms with E-state index in [-0.39, 0.29) is 0 Å². The molecule has 1 fully saturated rings. The molecule has 1 saturated heterocycles. The highest BCUT2D eigenvalue weighted by molar-refractivity contribution is 7.80. The van der Waals surface area contributed by atoms with E-state index in [1.165, 1.54) is 12.8 Å². The third-order valence-corrected chi connectivity index (χ3v) is 2.25. The van der Waals surface area contributed by atoms with Crippen LogP contribution in [0.5, 0.6) is 0 Å². The number of nitrogens with zero attached hydrogens (tertiary/aromatic N) is 1. The lowest BCUT2D eigenvalue weighted by atomic mass is 10.3. The van der Waals surface area contributed by atoms with Crippen LogP contribution in [0, 0.1) is 0 Å². The molecular weight excluding hydrogens is 170 g/mol. The van der Waals surface area contributed by atoms with Gasteiger partial charge in [0.25, 0.3) is 0 Å². The van der Waals surface area contributed by atoms with Crippen LogP contribution < -0.4 is 10.7 Å². The highest BCUT2D eigenvalue weighted by Crippen LogP contribution is 1.99. The molecule has 0 spiro atoms. The first kappa shape index (κ1) is 9.74. The van der Waals surface area contributed by atoms with Crippen LogP contribution in [0.15, 0.2) is 0 Å². The summed E-state index contributed by atoms with van der Waals surface area (Å²) in [5, 5.41) is 6.08. The minimum Gasteiger partial charge on any atom is -0.362 e. The number of hydrazine groups is 1. The smallest absolute Gasteiger partial charge is 0.183 e. The zero-order chi connectivity index (χ0) is 8.81. The van der Waals surface area contributed by atoms with Crippen LogP contribution in [0.1, 0.15) is 26.2 Å². The second kappa shape index (κ2) is 5.32. The molecular formula is C8H17N3S. The Morgan fingerprint density at radius 3 is 3.00 bits per heavy atom. The predicted octanol–water partition coefficient (Wildman–Crippen LogP) is 0.871. The average molecular weight is 187 g/mol. The summed E-state index contributed by atoms with van der Waals surface area (Å²) in [6.45, 7) is 5.19. The molecule has 4 heteroatoms. The highest BCUT2D eigenvalue weighted by Gasteiger charge is 2.11. The molecule has 0 amide bonds. The van der Waals surface area contributed by atoms with Gasteiger partial charge in [-0.3, -0.25) is 5.01 Å². The van der Waals surface area contributed by atoms with Gasteiger partial charge in [-0.05, 0) is 31.5 Å². The van der Waals surface area contributed by atoms with Gasteiger partial charge in [-0.1, -0.05) is 6.92 Å². The normalized spacial score (nSPS) is 17.6. The fraction of sp³-hybridized carbons (Fsp3) is 0.875. The second-order valence-electron chi connectivity index (χ2n) is 3.00. The molecule has 1 rings (SSSR count). The third kappa shape index (κ3) is 2.95. The standard InChI is InChI=1S/C8H17N3S/c1-2-5-9-8(12)11-7-4-3-6-10-11/h10H,2-7H2,1H3,(H,9,12). The molecule has 0 unspecified atom stereocenters. The van der Waals surface area contributed by atoms with Crippen molar-refractivity contribution in [1.82, 2.24) is 15.8 Å². The maximum atomic E-state index is 5.19. The molecule has 2 N–H and O–H groups in total. The average Bonchev–Trinajstić information content (AvgIpc) is 2.15. The van der Waals surface area contributed by atoms with Crippen molar-refractivity contribution in [3.63, 3.8) is 0 Å². The number of hydrogen-bond donors (Lipinski definition) is 2. The van der Waals surface area contributed by atoms with Crippen LogP contribution >= 0.6 is 12.2 Å². The SMILES string of the molecule is CCCNC(=S)N1CCCCN1. The highest BCUT2D eigenvalue weighted by atomic mass is 32.1. The number of rotatable bonds is 2. The van der Waals surface area contributed by atoms with Crippen molar-refractivity contribution in [3.05, 3.63) is 0 Å². The largest absolute Gasteiger partial charge is 0.362 e.